The van der Waals surface area contributed by atoms with Crippen LogP contribution in [0.3, 0.4) is 0 Å². The van der Waals surface area contributed by atoms with Gasteiger partial charge >= 0.3 is 0 Å². The standard InChI is InChI=1S/C21H27N3O4S/c1-15(2)13-17-7-9-18(10-8-17)21(26)23-22-20(25)14-24(4)29(27,28)19-11-5-16(3)6-12-19/h5-12,15H,13-14H2,1-4H3,(H,22,25)(H,23,26). The van der Waals surface area contributed by atoms with Gasteiger partial charge in [0.2, 0.25) is 10.0 Å². The zero-order chi connectivity index (χ0) is 21.6. The van der Waals surface area contributed by atoms with Crippen LogP contribution in [0.25, 0.3) is 0 Å². The van der Waals surface area contributed by atoms with Crippen molar-refractivity contribution in [2.24, 2.45) is 5.92 Å². The molecule has 0 atom stereocenters. The maximum Gasteiger partial charge on any atom is 0.269 e. The van der Waals surface area contributed by atoms with Crippen LogP contribution < -0.4 is 10.9 Å². The molecule has 2 N–H and O–H groups in total. The van der Waals surface area contributed by atoms with Gasteiger partial charge in [0.25, 0.3) is 11.8 Å². The summed E-state index contributed by atoms with van der Waals surface area (Å²) in [6.45, 7) is 5.66. The first-order chi connectivity index (χ1) is 13.6. The van der Waals surface area contributed by atoms with Crippen molar-refractivity contribution < 1.29 is 18.0 Å². The lowest BCUT2D eigenvalue weighted by Crippen LogP contribution is -2.46. The molecule has 0 aliphatic rings. The Morgan fingerprint density at radius 3 is 2.10 bits per heavy atom. The monoisotopic (exact) mass is 417 g/mol. The molecule has 7 nitrogen and oxygen atoms in total. The van der Waals surface area contributed by atoms with E-state index >= 15 is 0 Å². The van der Waals surface area contributed by atoms with Crippen molar-refractivity contribution in [1.29, 1.82) is 0 Å². The quantitative estimate of drug-likeness (QED) is 0.676. The van der Waals surface area contributed by atoms with Crippen molar-refractivity contribution >= 4 is 21.8 Å². The van der Waals surface area contributed by atoms with Crippen molar-refractivity contribution in [2.45, 2.75) is 32.1 Å². The number of sulfonamides is 1. The highest BCUT2D eigenvalue weighted by Gasteiger charge is 2.23. The predicted octanol–water partition coefficient (Wildman–Crippen LogP) is 2.28. The van der Waals surface area contributed by atoms with Crippen molar-refractivity contribution in [3.05, 3.63) is 65.2 Å². The number of aryl methyl sites for hydroxylation is 1. The van der Waals surface area contributed by atoms with Gasteiger partial charge in [0.15, 0.2) is 0 Å². The number of nitrogens with one attached hydrogen (secondary N) is 2. The minimum absolute atomic E-state index is 0.101. The van der Waals surface area contributed by atoms with E-state index in [0.29, 0.717) is 11.5 Å². The number of hydrogen-bond acceptors (Lipinski definition) is 4. The minimum atomic E-state index is -3.80. The molecule has 0 bridgehead atoms. The third-order valence-corrected chi connectivity index (χ3v) is 6.09. The first-order valence-corrected chi connectivity index (χ1v) is 10.7. The maximum absolute atomic E-state index is 12.5. The Hall–Kier alpha value is -2.71. The molecule has 0 saturated carbocycles. The number of rotatable bonds is 7. The largest absolute Gasteiger partial charge is 0.272 e. The van der Waals surface area contributed by atoms with Crippen LogP contribution in [0.1, 0.15) is 35.3 Å². The molecule has 0 spiro atoms. The second-order valence-electron chi connectivity index (χ2n) is 7.37. The number of carbonyl (C=O) groups is 2. The van der Waals surface area contributed by atoms with Crippen LogP contribution >= 0.6 is 0 Å². The molecule has 2 rings (SSSR count). The average Bonchev–Trinajstić information content (AvgIpc) is 2.66. The molecule has 0 aromatic heterocycles. The van der Waals surface area contributed by atoms with Crippen molar-refractivity contribution in [2.75, 3.05) is 13.6 Å². The van der Waals surface area contributed by atoms with Crippen LogP contribution in [-0.2, 0) is 21.2 Å². The van der Waals surface area contributed by atoms with Gasteiger partial charge in [-0.2, -0.15) is 4.31 Å². The first kappa shape index (κ1) is 22.6. The molecule has 0 heterocycles. The number of benzene rings is 2. The SMILES string of the molecule is Cc1ccc(S(=O)(=O)N(C)CC(=O)NNC(=O)c2ccc(CC(C)C)cc2)cc1. The van der Waals surface area contributed by atoms with E-state index in [4.69, 9.17) is 0 Å². The molecule has 2 amide bonds. The topological polar surface area (TPSA) is 95.6 Å². The number of amides is 2. The summed E-state index contributed by atoms with van der Waals surface area (Å²) in [7, 11) is -2.49. The van der Waals surface area contributed by atoms with E-state index in [-0.39, 0.29) is 4.90 Å². The molecule has 156 valence electrons. The Morgan fingerprint density at radius 1 is 0.966 bits per heavy atom. The molecule has 0 radical (unpaired) electrons. The lowest BCUT2D eigenvalue weighted by Gasteiger charge is -2.17. The van der Waals surface area contributed by atoms with Gasteiger partial charge in [-0.15, -0.1) is 0 Å². The average molecular weight is 418 g/mol. The molecule has 0 aliphatic heterocycles. The van der Waals surface area contributed by atoms with E-state index in [9.17, 15) is 18.0 Å². The number of hydrazine groups is 1. The van der Waals surface area contributed by atoms with Crippen molar-refractivity contribution in [3.63, 3.8) is 0 Å². The van der Waals surface area contributed by atoms with Gasteiger partial charge in [-0.25, -0.2) is 8.42 Å². The van der Waals surface area contributed by atoms with Crippen LogP contribution in [0.4, 0.5) is 0 Å². The summed E-state index contributed by atoms with van der Waals surface area (Å²) in [6, 6.07) is 13.5. The van der Waals surface area contributed by atoms with Crippen LogP contribution in [0.2, 0.25) is 0 Å². The number of carbonyl (C=O) groups excluding carboxylic acids is 2. The van der Waals surface area contributed by atoms with Crippen molar-refractivity contribution in [1.82, 2.24) is 15.2 Å². The minimum Gasteiger partial charge on any atom is -0.272 e. The molecule has 29 heavy (non-hydrogen) atoms. The van der Waals surface area contributed by atoms with Gasteiger partial charge in [0.05, 0.1) is 11.4 Å². The van der Waals surface area contributed by atoms with Gasteiger partial charge in [0, 0.05) is 12.6 Å². The highest BCUT2D eigenvalue weighted by molar-refractivity contribution is 7.89. The normalized spacial score (nSPS) is 11.5. The summed E-state index contributed by atoms with van der Waals surface area (Å²) < 4.78 is 25.9. The molecule has 2 aromatic rings. The molecule has 0 aliphatic carbocycles. The Morgan fingerprint density at radius 2 is 1.55 bits per heavy atom. The van der Waals surface area contributed by atoms with E-state index < -0.39 is 28.4 Å². The summed E-state index contributed by atoms with van der Waals surface area (Å²) in [5.74, 6) is -0.603. The summed E-state index contributed by atoms with van der Waals surface area (Å²) in [4.78, 5) is 24.3. The van der Waals surface area contributed by atoms with Gasteiger partial charge < -0.3 is 0 Å². The lowest BCUT2D eigenvalue weighted by atomic mass is 10.0. The van der Waals surface area contributed by atoms with Crippen LogP contribution in [-0.4, -0.2) is 38.1 Å². The van der Waals surface area contributed by atoms with E-state index in [1.165, 1.54) is 19.2 Å². The molecular weight excluding hydrogens is 390 g/mol. The van der Waals surface area contributed by atoms with E-state index in [2.05, 4.69) is 24.7 Å². The number of hydrogen-bond donors (Lipinski definition) is 2. The summed E-state index contributed by atoms with van der Waals surface area (Å²) in [5, 5.41) is 0. The summed E-state index contributed by atoms with van der Waals surface area (Å²) in [6.07, 6.45) is 0.917. The Kier molecular flexibility index (Phi) is 7.53. The number of likely N-dealkylation sites (N-methyl/N-ethyl adjacent to an activating group) is 1. The van der Waals surface area contributed by atoms with Gasteiger partial charge in [-0.05, 0) is 49.1 Å². The first-order valence-electron chi connectivity index (χ1n) is 9.30. The maximum atomic E-state index is 12.5. The fraction of sp³-hybridized carbons (Fsp3) is 0.333. The molecule has 2 aromatic carbocycles. The van der Waals surface area contributed by atoms with E-state index in [1.54, 1.807) is 24.3 Å². The Balaban J connectivity index is 1.90. The van der Waals surface area contributed by atoms with Gasteiger partial charge in [-0.1, -0.05) is 43.7 Å². The number of nitrogens with zero attached hydrogens (tertiary/aromatic N) is 1. The lowest BCUT2D eigenvalue weighted by molar-refractivity contribution is -0.121. The smallest absolute Gasteiger partial charge is 0.269 e. The van der Waals surface area contributed by atoms with Crippen LogP contribution in [0.5, 0.6) is 0 Å². The highest BCUT2D eigenvalue weighted by atomic mass is 32.2. The molecule has 0 unspecified atom stereocenters. The third kappa shape index (κ3) is 6.40. The van der Waals surface area contributed by atoms with Gasteiger partial charge in [-0.3, -0.25) is 20.4 Å². The fourth-order valence-electron chi connectivity index (χ4n) is 2.68. The Labute approximate surface area is 172 Å². The zero-order valence-corrected chi connectivity index (χ0v) is 17.9. The summed E-state index contributed by atoms with van der Waals surface area (Å²) in [5.41, 5.74) is 7.01. The van der Waals surface area contributed by atoms with E-state index in [0.717, 1.165) is 21.9 Å². The Bertz CT molecular complexity index is 952. The van der Waals surface area contributed by atoms with E-state index in [1.807, 2.05) is 19.1 Å². The fourth-order valence-corrected chi connectivity index (χ4v) is 3.81. The molecule has 0 fully saturated rings. The zero-order valence-electron chi connectivity index (χ0n) is 17.1. The molecule has 0 saturated heterocycles. The van der Waals surface area contributed by atoms with Crippen molar-refractivity contribution in [3.8, 4) is 0 Å². The molecule has 8 heteroatoms. The second kappa shape index (κ2) is 9.67. The van der Waals surface area contributed by atoms with Gasteiger partial charge in [0.1, 0.15) is 0 Å². The third-order valence-electron chi connectivity index (χ3n) is 4.27. The van der Waals surface area contributed by atoms with Crippen LogP contribution in [0.15, 0.2) is 53.4 Å². The van der Waals surface area contributed by atoms with Crippen LogP contribution in [0, 0.1) is 12.8 Å². The second-order valence-corrected chi connectivity index (χ2v) is 9.42. The predicted molar refractivity (Wildman–Crippen MR) is 112 cm³/mol. The summed E-state index contributed by atoms with van der Waals surface area (Å²) >= 11 is 0. The molecular formula is C21H27N3O4S. The highest BCUT2D eigenvalue weighted by Crippen LogP contribution is 2.14.